The van der Waals surface area contributed by atoms with Crippen LogP contribution in [0.3, 0.4) is 0 Å². The van der Waals surface area contributed by atoms with Gasteiger partial charge in [0.1, 0.15) is 11.5 Å². The van der Waals surface area contributed by atoms with Crippen molar-refractivity contribution in [2.75, 3.05) is 7.05 Å². The van der Waals surface area contributed by atoms with Crippen LogP contribution in [-0.2, 0) is 4.74 Å². The van der Waals surface area contributed by atoms with Gasteiger partial charge in [-0.3, -0.25) is 0 Å². The number of rotatable bonds is 3. The van der Waals surface area contributed by atoms with E-state index in [0.717, 1.165) is 24.4 Å². The molecular formula is C13H21NO2. The molecule has 0 bridgehead atoms. The molecule has 2 rings (SSSR count). The molecule has 90 valence electrons. The van der Waals surface area contributed by atoms with Crippen molar-refractivity contribution < 1.29 is 9.15 Å². The summed E-state index contributed by atoms with van der Waals surface area (Å²) in [5, 5.41) is 3.35. The molecular weight excluding hydrogens is 202 g/mol. The topological polar surface area (TPSA) is 34.4 Å². The Balaban J connectivity index is 2.19. The summed E-state index contributed by atoms with van der Waals surface area (Å²) in [6.07, 6.45) is 2.93. The maximum atomic E-state index is 5.93. The number of nitrogens with one attached hydrogen (secondary N) is 1. The molecule has 3 unspecified atom stereocenters. The number of hydrogen-bond donors (Lipinski definition) is 1. The first-order chi connectivity index (χ1) is 7.61. The summed E-state index contributed by atoms with van der Waals surface area (Å²) >= 11 is 0. The highest BCUT2D eigenvalue weighted by Gasteiger charge is 2.31. The van der Waals surface area contributed by atoms with Crippen molar-refractivity contribution in [2.24, 2.45) is 0 Å². The van der Waals surface area contributed by atoms with Gasteiger partial charge in [-0.25, -0.2) is 0 Å². The van der Waals surface area contributed by atoms with Gasteiger partial charge in [-0.05, 0) is 46.7 Å². The highest BCUT2D eigenvalue weighted by Crippen LogP contribution is 2.32. The third kappa shape index (κ3) is 2.15. The van der Waals surface area contributed by atoms with Crippen molar-refractivity contribution in [3.05, 3.63) is 23.2 Å². The van der Waals surface area contributed by atoms with Crippen LogP contribution in [0.1, 0.15) is 42.9 Å². The monoisotopic (exact) mass is 223 g/mol. The molecule has 3 heteroatoms. The maximum absolute atomic E-state index is 5.93. The van der Waals surface area contributed by atoms with E-state index in [1.165, 1.54) is 5.56 Å². The van der Waals surface area contributed by atoms with Crippen molar-refractivity contribution in [1.29, 1.82) is 0 Å². The van der Waals surface area contributed by atoms with Gasteiger partial charge >= 0.3 is 0 Å². The lowest BCUT2D eigenvalue weighted by Gasteiger charge is -2.22. The quantitative estimate of drug-likeness (QED) is 0.855. The maximum Gasteiger partial charge on any atom is 0.105 e. The largest absolute Gasteiger partial charge is 0.466 e. The molecule has 0 aliphatic carbocycles. The minimum atomic E-state index is 0.252. The second-order valence-electron chi connectivity index (χ2n) is 4.70. The fourth-order valence-electron chi connectivity index (χ4n) is 2.58. The van der Waals surface area contributed by atoms with E-state index in [4.69, 9.17) is 9.15 Å². The number of hydrogen-bond acceptors (Lipinski definition) is 3. The third-order valence-electron chi connectivity index (χ3n) is 3.36. The lowest BCUT2D eigenvalue weighted by molar-refractivity contribution is 0.0330. The molecule has 2 heterocycles. The summed E-state index contributed by atoms with van der Waals surface area (Å²) in [7, 11) is 1.98. The molecule has 1 aromatic rings. The van der Waals surface area contributed by atoms with Crippen LogP contribution in [0.2, 0.25) is 0 Å². The smallest absolute Gasteiger partial charge is 0.105 e. The molecule has 1 N–H and O–H groups in total. The molecule has 16 heavy (non-hydrogen) atoms. The number of ether oxygens (including phenoxy) is 1. The average molecular weight is 223 g/mol. The Hall–Kier alpha value is -0.800. The third-order valence-corrected chi connectivity index (χ3v) is 3.36. The summed E-state index contributed by atoms with van der Waals surface area (Å²) < 4.78 is 11.5. The van der Waals surface area contributed by atoms with Crippen LogP contribution in [0.15, 0.2) is 10.5 Å². The molecule has 1 aromatic heterocycles. The lowest BCUT2D eigenvalue weighted by atomic mass is 9.99. The van der Waals surface area contributed by atoms with Crippen LogP contribution in [-0.4, -0.2) is 19.3 Å². The van der Waals surface area contributed by atoms with E-state index in [1.54, 1.807) is 0 Å². The number of aryl methyl sites for hydroxylation is 2. The Bertz CT molecular complexity index is 359. The first-order valence-corrected chi connectivity index (χ1v) is 6.01. The van der Waals surface area contributed by atoms with Crippen molar-refractivity contribution in [3.8, 4) is 0 Å². The number of furan rings is 1. The predicted molar refractivity (Wildman–Crippen MR) is 63.6 cm³/mol. The first kappa shape index (κ1) is 11.7. The van der Waals surface area contributed by atoms with Crippen LogP contribution < -0.4 is 5.32 Å². The van der Waals surface area contributed by atoms with Crippen LogP contribution in [0.4, 0.5) is 0 Å². The Morgan fingerprint density at radius 1 is 1.38 bits per heavy atom. The van der Waals surface area contributed by atoms with Crippen molar-refractivity contribution in [3.63, 3.8) is 0 Å². The van der Waals surface area contributed by atoms with E-state index in [0.29, 0.717) is 6.10 Å². The SMILES string of the molecule is CNC(c1cc(C)oc1C)C1CCC(C)O1. The van der Waals surface area contributed by atoms with Gasteiger partial charge < -0.3 is 14.5 Å². The molecule has 0 amide bonds. The highest BCUT2D eigenvalue weighted by atomic mass is 16.5. The highest BCUT2D eigenvalue weighted by molar-refractivity contribution is 5.25. The van der Waals surface area contributed by atoms with Crippen molar-refractivity contribution >= 4 is 0 Å². The minimum absolute atomic E-state index is 0.252. The van der Waals surface area contributed by atoms with E-state index >= 15 is 0 Å². The zero-order valence-corrected chi connectivity index (χ0v) is 10.5. The van der Waals surface area contributed by atoms with E-state index in [1.807, 2.05) is 20.9 Å². The Morgan fingerprint density at radius 3 is 2.56 bits per heavy atom. The second kappa shape index (κ2) is 4.60. The summed E-state index contributed by atoms with van der Waals surface area (Å²) in [4.78, 5) is 0. The lowest BCUT2D eigenvalue weighted by Crippen LogP contribution is -2.29. The second-order valence-corrected chi connectivity index (χ2v) is 4.70. The average Bonchev–Trinajstić information content (AvgIpc) is 2.76. The fraction of sp³-hybridized carbons (Fsp3) is 0.692. The van der Waals surface area contributed by atoms with Crippen LogP contribution in [0, 0.1) is 13.8 Å². The summed E-state index contributed by atoms with van der Waals surface area (Å²) in [5.74, 6) is 1.97. The Morgan fingerprint density at radius 2 is 2.12 bits per heavy atom. The molecule has 3 nitrogen and oxygen atoms in total. The van der Waals surface area contributed by atoms with E-state index in [2.05, 4.69) is 18.3 Å². The first-order valence-electron chi connectivity index (χ1n) is 6.01. The molecule has 0 radical (unpaired) electrons. The zero-order valence-electron chi connectivity index (χ0n) is 10.5. The van der Waals surface area contributed by atoms with Gasteiger partial charge in [-0.15, -0.1) is 0 Å². The predicted octanol–water partition coefficient (Wildman–Crippen LogP) is 2.72. The summed E-state index contributed by atoms with van der Waals surface area (Å²) in [6.45, 7) is 6.15. The van der Waals surface area contributed by atoms with Crippen LogP contribution in [0.25, 0.3) is 0 Å². The van der Waals surface area contributed by atoms with Gasteiger partial charge in [0.05, 0.1) is 18.2 Å². The molecule has 1 aliphatic heterocycles. The van der Waals surface area contributed by atoms with Crippen LogP contribution in [0.5, 0.6) is 0 Å². The van der Waals surface area contributed by atoms with Gasteiger partial charge in [0.25, 0.3) is 0 Å². The summed E-state index contributed by atoms with van der Waals surface area (Å²) in [5.41, 5.74) is 1.24. The zero-order chi connectivity index (χ0) is 11.7. The fourth-order valence-corrected chi connectivity index (χ4v) is 2.58. The Labute approximate surface area is 97.2 Å². The molecule has 3 atom stereocenters. The van der Waals surface area contributed by atoms with Crippen molar-refractivity contribution in [1.82, 2.24) is 5.32 Å². The van der Waals surface area contributed by atoms with Gasteiger partial charge in [-0.2, -0.15) is 0 Å². The molecule has 0 saturated carbocycles. The van der Waals surface area contributed by atoms with E-state index in [-0.39, 0.29) is 12.1 Å². The molecule has 1 saturated heterocycles. The van der Waals surface area contributed by atoms with E-state index < -0.39 is 0 Å². The van der Waals surface area contributed by atoms with Gasteiger partial charge in [0.15, 0.2) is 0 Å². The molecule has 0 aromatic carbocycles. The molecule has 1 fully saturated rings. The van der Waals surface area contributed by atoms with Crippen molar-refractivity contribution in [2.45, 2.75) is 51.9 Å². The summed E-state index contributed by atoms with van der Waals surface area (Å²) in [6, 6.07) is 2.37. The van der Waals surface area contributed by atoms with Gasteiger partial charge in [-0.1, -0.05) is 0 Å². The van der Waals surface area contributed by atoms with Gasteiger partial charge in [0.2, 0.25) is 0 Å². The Kier molecular flexibility index (Phi) is 3.36. The van der Waals surface area contributed by atoms with E-state index in [9.17, 15) is 0 Å². The normalized spacial score (nSPS) is 27.2. The van der Waals surface area contributed by atoms with Gasteiger partial charge in [0, 0.05) is 5.56 Å². The minimum Gasteiger partial charge on any atom is -0.466 e. The standard InChI is InChI=1S/C13H21NO2/c1-8-5-6-12(16-8)13(14-4)11-7-9(2)15-10(11)3/h7-8,12-14H,5-6H2,1-4H3. The molecule has 0 spiro atoms. The number of likely N-dealkylation sites (N-methyl/N-ethyl adjacent to an activating group) is 1. The van der Waals surface area contributed by atoms with Crippen LogP contribution >= 0.6 is 0 Å². The molecule has 1 aliphatic rings.